The Morgan fingerprint density at radius 1 is 1.11 bits per heavy atom. The van der Waals surface area contributed by atoms with Gasteiger partial charge >= 0.3 is 6.18 Å². The van der Waals surface area contributed by atoms with E-state index in [1.165, 1.54) is 24.3 Å². The van der Waals surface area contributed by atoms with E-state index in [9.17, 15) is 30.8 Å². The Labute approximate surface area is 160 Å². The standard InChI is InChI=1S/C18H18F4N2O3S/c1-28(26,27)24(16-9-7-14(19)8-10-16)11-3-6-17(25)23-15-5-2-4-13(12-15)18(20,21)22/h2,4-5,7-10,12H,3,6,11H2,1H3,(H,23,25). The zero-order valence-electron chi connectivity index (χ0n) is 14.8. The molecule has 0 aliphatic rings. The summed E-state index contributed by atoms with van der Waals surface area (Å²) >= 11 is 0. The van der Waals surface area contributed by atoms with Gasteiger partial charge in [0.25, 0.3) is 0 Å². The molecule has 152 valence electrons. The topological polar surface area (TPSA) is 66.5 Å². The highest BCUT2D eigenvalue weighted by Crippen LogP contribution is 2.30. The molecule has 0 radical (unpaired) electrons. The third-order valence-corrected chi connectivity index (χ3v) is 4.95. The fraction of sp³-hybridized carbons (Fsp3) is 0.278. The third-order valence-electron chi connectivity index (χ3n) is 3.75. The molecular formula is C18H18F4N2O3S. The van der Waals surface area contributed by atoms with Gasteiger partial charge in [-0.3, -0.25) is 9.10 Å². The zero-order valence-corrected chi connectivity index (χ0v) is 15.6. The first-order valence-corrected chi connectivity index (χ1v) is 10.0. The zero-order chi connectivity index (χ0) is 20.9. The SMILES string of the molecule is CS(=O)(=O)N(CCCC(=O)Nc1cccc(C(F)(F)F)c1)c1ccc(F)cc1. The first kappa shape index (κ1) is 21.7. The van der Waals surface area contributed by atoms with Crippen molar-refractivity contribution in [1.82, 2.24) is 0 Å². The molecule has 1 N–H and O–H groups in total. The van der Waals surface area contributed by atoms with Crippen molar-refractivity contribution in [2.45, 2.75) is 19.0 Å². The number of benzene rings is 2. The molecule has 0 fully saturated rings. The van der Waals surface area contributed by atoms with Crippen LogP contribution >= 0.6 is 0 Å². The van der Waals surface area contributed by atoms with E-state index >= 15 is 0 Å². The van der Waals surface area contributed by atoms with E-state index in [4.69, 9.17) is 0 Å². The van der Waals surface area contributed by atoms with Crippen LogP contribution in [-0.2, 0) is 21.0 Å². The second-order valence-corrected chi connectivity index (χ2v) is 7.95. The molecule has 2 rings (SSSR count). The lowest BCUT2D eigenvalue weighted by Crippen LogP contribution is -2.31. The molecule has 0 aliphatic heterocycles. The first-order chi connectivity index (χ1) is 13.0. The van der Waals surface area contributed by atoms with Gasteiger partial charge in [-0.05, 0) is 48.9 Å². The average molecular weight is 418 g/mol. The third kappa shape index (κ3) is 6.22. The van der Waals surface area contributed by atoms with Gasteiger partial charge in [0.2, 0.25) is 15.9 Å². The molecular weight excluding hydrogens is 400 g/mol. The molecule has 0 atom stereocenters. The van der Waals surface area contributed by atoms with Crippen molar-refractivity contribution in [2.75, 3.05) is 22.4 Å². The van der Waals surface area contributed by atoms with Crippen LogP contribution in [-0.4, -0.2) is 27.1 Å². The molecule has 1 amide bonds. The van der Waals surface area contributed by atoms with E-state index in [0.717, 1.165) is 34.8 Å². The fourth-order valence-electron chi connectivity index (χ4n) is 2.47. The van der Waals surface area contributed by atoms with Gasteiger partial charge in [-0.15, -0.1) is 0 Å². The summed E-state index contributed by atoms with van der Waals surface area (Å²) in [5.41, 5.74) is -0.634. The maximum absolute atomic E-state index is 13.0. The molecule has 10 heteroatoms. The molecule has 28 heavy (non-hydrogen) atoms. The van der Waals surface area contributed by atoms with Gasteiger partial charge in [-0.1, -0.05) is 6.07 Å². The molecule has 0 saturated heterocycles. The number of nitrogens with zero attached hydrogens (tertiary/aromatic N) is 1. The van der Waals surface area contributed by atoms with Crippen molar-refractivity contribution < 1.29 is 30.8 Å². The van der Waals surface area contributed by atoms with E-state index in [1.807, 2.05) is 0 Å². The summed E-state index contributed by atoms with van der Waals surface area (Å²) in [4.78, 5) is 12.0. The van der Waals surface area contributed by atoms with E-state index in [0.29, 0.717) is 0 Å². The molecule has 0 aromatic heterocycles. The van der Waals surface area contributed by atoms with Crippen molar-refractivity contribution in [3.63, 3.8) is 0 Å². The van der Waals surface area contributed by atoms with Crippen molar-refractivity contribution in [3.05, 3.63) is 59.9 Å². The quantitative estimate of drug-likeness (QED) is 0.691. The Bertz CT molecular complexity index is 929. The average Bonchev–Trinajstić information content (AvgIpc) is 2.58. The summed E-state index contributed by atoms with van der Waals surface area (Å²) in [6.07, 6.45) is -3.52. The van der Waals surface area contributed by atoms with Gasteiger partial charge in [-0.2, -0.15) is 13.2 Å². The van der Waals surface area contributed by atoms with Crippen LogP contribution in [0.4, 0.5) is 28.9 Å². The van der Waals surface area contributed by atoms with Crippen LogP contribution in [0.3, 0.4) is 0 Å². The van der Waals surface area contributed by atoms with Gasteiger partial charge < -0.3 is 5.32 Å². The Balaban J connectivity index is 1.97. The van der Waals surface area contributed by atoms with Gasteiger partial charge in [0, 0.05) is 18.7 Å². The van der Waals surface area contributed by atoms with Crippen LogP contribution in [0.1, 0.15) is 18.4 Å². The van der Waals surface area contributed by atoms with Crippen LogP contribution in [0, 0.1) is 5.82 Å². The molecule has 0 bridgehead atoms. The van der Waals surface area contributed by atoms with Gasteiger partial charge in [0.1, 0.15) is 5.82 Å². The molecule has 0 spiro atoms. The van der Waals surface area contributed by atoms with Crippen molar-refractivity contribution in [2.24, 2.45) is 0 Å². The number of halogens is 4. The van der Waals surface area contributed by atoms with E-state index in [1.54, 1.807) is 0 Å². The van der Waals surface area contributed by atoms with Crippen LogP contribution in [0.15, 0.2) is 48.5 Å². The maximum Gasteiger partial charge on any atom is 0.416 e. The summed E-state index contributed by atoms with van der Waals surface area (Å²) < 4.78 is 76.0. The lowest BCUT2D eigenvalue weighted by atomic mass is 10.2. The first-order valence-electron chi connectivity index (χ1n) is 8.17. The summed E-state index contributed by atoms with van der Waals surface area (Å²) in [5.74, 6) is -1.07. The van der Waals surface area contributed by atoms with Crippen LogP contribution < -0.4 is 9.62 Å². The lowest BCUT2D eigenvalue weighted by Gasteiger charge is -2.22. The van der Waals surface area contributed by atoms with E-state index in [-0.39, 0.29) is 30.8 Å². The number of amides is 1. The Morgan fingerprint density at radius 3 is 2.32 bits per heavy atom. The molecule has 5 nitrogen and oxygen atoms in total. The molecule has 2 aromatic carbocycles. The minimum absolute atomic E-state index is 0.00155. The second kappa shape index (κ2) is 8.59. The van der Waals surface area contributed by atoms with Gasteiger partial charge in [0.15, 0.2) is 0 Å². The van der Waals surface area contributed by atoms with Crippen molar-refractivity contribution in [1.29, 1.82) is 0 Å². The van der Waals surface area contributed by atoms with Gasteiger partial charge in [-0.25, -0.2) is 12.8 Å². The number of hydrogen-bond donors (Lipinski definition) is 1. The molecule has 0 unspecified atom stereocenters. The summed E-state index contributed by atoms with van der Waals surface area (Å²) in [6, 6.07) is 9.06. The minimum Gasteiger partial charge on any atom is -0.326 e. The number of alkyl halides is 3. The molecule has 0 saturated carbocycles. The predicted octanol–water partition coefficient (Wildman–Crippen LogP) is 4.03. The molecule has 2 aromatic rings. The van der Waals surface area contributed by atoms with E-state index < -0.39 is 33.5 Å². The minimum atomic E-state index is -4.52. The highest BCUT2D eigenvalue weighted by atomic mass is 32.2. The lowest BCUT2D eigenvalue weighted by molar-refractivity contribution is -0.137. The second-order valence-electron chi connectivity index (χ2n) is 6.04. The number of carbonyl (C=O) groups is 1. The summed E-state index contributed by atoms with van der Waals surface area (Å²) in [7, 11) is -3.66. The number of anilines is 2. The number of nitrogens with one attached hydrogen (secondary N) is 1. The van der Waals surface area contributed by atoms with Crippen molar-refractivity contribution in [3.8, 4) is 0 Å². The smallest absolute Gasteiger partial charge is 0.326 e. The van der Waals surface area contributed by atoms with Crippen LogP contribution in [0.25, 0.3) is 0 Å². The maximum atomic E-state index is 13.0. The van der Waals surface area contributed by atoms with E-state index in [2.05, 4.69) is 5.32 Å². The monoisotopic (exact) mass is 418 g/mol. The fourth-order valence-corrected chi connectivity index (χ4v) is 3.44. The molecule has 0 aliphatic carbocycles. The highest BCUT2D eigenvalue weighted by Gasteiger charge is 2.30. The predicted molar refractivity (Wildman–Crippen MR) is 97.9 cm³/mol. The largest absolute Gasteiger partial charge is 0.416 e. The van der Waals surface area contributed by atoms with Gasteiger partial charge in [0.05, 0.1) is 17.5 Å². The number of hydrogen-bond acceptors (Lipinski definition) is 3. The van der Waals surface area contributed by atoms with Crippen LogP contribution in [0.2, 0.25) is 0 Å². The molecule has 0 heterocycles. The number of sulfonamides is 1. The normalized spacial score (nSPS) is 11.9. The number of rotatable bonds is 7. The summed E-state index contributed by atoms with van der Waals surface area (Å²) in [6.45, 7) is -0.0412. The Morgan fingerprint density at radius 2 is 1.75 bits per heavy atom. The summed E-state index contributed by atoms with van der Waals surface area (Å²) in [5, 5.41) is 2.36. The Kier molecular flexibility index (Phi) is 6.65. The Hall–Kier alpha value is -2.62. The highest BCUT2D eigenvalue weighted by molar-refractivity contribution is 7.92. The van der Waals surface area contributed by atoms with Crippen molar-refractivity contribution >= 4 is 27.3 Å². The number of carbonyl (C=O) groups excluding carboxylic acids is 1. The van der Waals surface area contributed by atoms with Crippen LogP contribution in [0.5, 0.6) is 0 Å².